The average Bonchev–Trinajstić information content (AvgIpc) is 2.73. The second-order valence-electron chi connectivity index (χ2n) is 7.38. The summed E-state index contributed by atoms with van der Waals surface area (Å²) in [5.74, 6) is -0.865. The summed E-state index contributed by atoms with van der Waals surface area (Å²) < 4.78 is 0. The number of aromatic nitrogens is 1. The van der Waals surface area contributed by atoms with Crippen LogP contribution in [0.3, 0.4) is 0 Å². The number of nitrogens with zero attached hydrogens (tertiary/aromatic N) is 2. The lowest BCUT2D eigenvalue weighted by Gasteiger charge is -2.36. The number of piperidine rings is 1. The average molecular weight is 296 g/mol. The van der Waals surface area contributed by atoms with Crippen molar-refractivity contribution >= 4 is 22.4 Å². The molecule has 1 aromatic heterocycles. The van der Waals surface area contributed by atoms with Gasteiger partial charge in [-0.15, -0.1) is 0 Å². The first-order chi connectivity index (χ1) is 9.10. The number of carboxylic acid groups (broad SMARTS) is 1. The summed E-state index contributed by atoms with van der Waals surface area (Å²) >= 11 is 1.32. The van der Waals surface area contributed by atoms with E-state index in [9.17, 15) is 9.90 Å². The molecule has 1 aromatic rings. The molecule has 0 radical (unpaired) electrons. The molecule has 0 unspecified atom stereocenters. The number of hydrogen-bond acceptors (Lipinski definition) is 4. The van der Waals surface area contributed by atoms with Gasteiger partial charge in [0.2, 0.25) is 0 Å². The summed E-state index contributed by atoms with van der Waals surface area (Å²) in [6.45, 7) is 12.5. The fourth-order valence-corrected chi connectivity index (χ4v) is 3.57. The first kappa shape index (κ1) is 15.3. The molecule has 112 valence electrons. The van der Waals surface area contributed by atoms with Gasteiger partial charge in [0.05, 0.1) is 5.69 Å². The van der Waals surface area contributed by atoms with Crippen LogP contribution in [0, 0.1) is 5.41 Å². The summed E-state index contributed by atoms with van der Waals surface area (Å²) in [7, 11) is 0. The zero-order chi connectivity index (χ0) is 15.1. The molecule has 4 nitrogen and oxygen atoms in total. The Morgan fingerprint density at radius 1 is 1.30 bits per heavy atom. The molecule has 1 fully saturated rings. The second-order valence-corrected chi connectivity index (χ2v) is 8.36. The number of carbonyl (C=O) groups is 1. The van der Waals surface area contributed by atoms with E-state index in [2.05, 4.69) is 23.7 Å². The zero-order valence-electron chi connectivity index (χ0n) is 13.0. The molecule has 0 atom stereocenters. The van der Waals surface area contributed by atoms with Gasteiger partial charge in [-0.25, -0.2) is 9.78 Å². The van der Waals surface area contributed by atoms with Gasteiger partial charge in [-0.1, -0.05) is 46.0 Å². The highest BCUT2D eigenvalue weighted by Crippen LogP contribution is 2.37. The Balaban J connectivity index is 2.28. The molecule has 0 aromatic carbocycles. The molecule has 5 heteroatoms. The number of carboxylic acids is 1. The van der Waals surface area contributed by atoms with E-state index in [0.717, 1.165) is 31.1 Å². The molecule has 0 spiro atoms. The summed E-state index contributed by atoms with van der Waals surface area (Å²) in [5.41, 5.74) is 0.850. The van der Waals surface area contributed by atoms with Gasteiger partial charge in [-0.2, -0.15) is 0 Å². The molecule has 0 saturated carbocycles. The summed E-state index contributed by atoms with van der Waals surface area (Å²) in [5, 5.41) is 10.2. The van der Waals surface area contributed by atoms with Gasteiger partial charge >= 0.3 is 5.97 Å². The van der Waals surface area contributed by atoms with Crippen LogP contribution in [-0.4, -0.2) is 29.1 Å². The quantitative estimate of drug-likeness (QED) is 0.902. The topological polar surface area (TPSA) is 53.4 Å². The molecular weight excluding hydrogens is 272 g/mol. The van der Waals surface area contributed by atoms with Crippen LogP contribution in [0.5, 0.6) is 0 Å². The van der Waals surface area contributed by atoms with Crippen LogP contribution >= 0.6 is 11.3 Å². The molecule has 1 aliphatic heterocycles. The largest absolute Gasteiger partial charge is 0.477 e. The van der Waals surface area contributed by atoms with E-state index in [0.29, 0.717) is 16.0 Å². The monoisotopic (exact) mass is 296 g/mol. The smallest absolute Gasteiger partial charge is 0.347 e. The van der Waals surface area contributed by atoms with Crippen molar-refractivity contribution in [2.45, 2.75) is 52.9 Å². The van der Waals surface area contributed by atoms with Crippen LogP contribution in [0.25, 0.3) is 0 Å². The summed E-state index contributed by atoms with van der Waals surface area (Å²) in [6.07, 6.45) is 2.25. The fourth-order valence-electron chi connectivity index (χ4n) is 2.40. The predicted molar refractivity (Wildman–Crippen MR) is 83.0 cm³/mol. The van der Waals surface area contributed by atoms with Crippen LogP contribution in [0.1, 0.15) is 62.8 Å². The van der Waals surface area contributed by atoms with Gasteiger partial charge in [0.25, 0.3) is 0 Å². The molecule has 20 heavy (non-hydrogen) atoms. The number of hydrogen-bond donors (Lipinski definition) is 1. The third kappa shape index (κ3) is 3.14. The Bertz CT molecular complexity index is 504. The lowest BCUT2D eigenvalue weighted by molar-refractivity contribution is 0.0699. The minimum absolute atomic E-state index is 0.239. The molecule has 2 heterocycles. The van der Waals surface area contributed by atoms with Crippen LogP contribution in [0.15, 0.2) is 0 Å². The van der Waals surface area contributed by atoms with Gasteiger partial charge in [-0.3, -0.25) is 0 Å². The highest BCUT2D eigenvalue weighted by atomic mass is 32.1. The first-order valence-electron chi connectivity index (χ1n) is 7.10. The molecule has 0 amide bonds. The van der Waals surface area contributed by atoms with Gasteiger partial charge in [0, 0.05) is 18.5 Å². The fraction of sp³-hybridized carbons (Fsp3) is 0.733. The number of anilines is 1. The van der Waals surface area contributed by atoms with Crippen molar-refractivity contribution < 1.29 is 9.90 Å². The number of rotatable bonds is 2. The highest BCUT2D eigenvalue weighted by Gasteiger charge is 2.31. The lowest BCUT2D eigenvalue weighted by atomic mass is 9.83. The van der Waals surface area contributed by atoms with Crippen LogP contribution in [-0.2, 0) is 5.41 Å². The third-order valence-electron chi connectivity index (χ3n) is 3.91. The molecule has 0 bridgehead atoms. The highest BCUT2D eigenvalue weighted by molar-refractivity contribution is 7.17. The minimum Gasteiger partial charge on any atom is -0.477 e. The van der Waals surface area contributed by atoms with Crippen molar-refractivity contribution in [3.05, 3.63) is 10.6 Å². The van der Waals surface area contributed by atoms with E-state index in [1.54, 1.807) is 0 Å². The Morgan fingerprint density at radius 2 is 1.85 bits per heavy atom. The maximum absolute atomic E-state index is 11.4. The Morgan fingerprint density at radius 3 is 2.25 bits per heavy atom. The molecule has 1 saturated heterocycles. The van der Waals surface area contributed by atoms with Crippen LogP contribution in [0.2, 0.25) is 0 Å². The number of aromatic carboxylic acids is 1. The van der Waals surface area contributed by atoms with Gasteiger partial charge in [0.15, 0.2) is 5.13 Å². The predicted octanol–water partition coefficient (Wildman–Crippen LogP) is 3.77. The molecule has 1 aliphatic rings. The Hall–Kier alpha value is -1.10. The van der Waals surface area contributed by atoms with Crippen molar-refractivity contribution in [1.29, 1.82) is 0 Å². The van der Waals surface area contributed by atoms with Crippen molar-refractivity contribution in [2.24, 2.45) is 5.41 Å². The van der Waals surface area contributed by atoms with Crippen LogP contribution in [0.4, 0.5) is 5.13 Å². The SMILES string of the molecule is CC1(C)CCN(c2nc(C(C)(C)C)c(C(=O)O)s2)CC1. The van der Waals surface area contributed by atoms with E-state index < -0.39 is 5.97 Å². The zero-order valence-corrected chi connectivity index (χ0v) is 13.8. The van der Waals surface area contributed by atoms with Crippen molar-refractivity contribution in [3.8, 4) is 0 Å². The third-order valence-corrected chi connectivity index (χ3v) is 5.01. The van der Waals surface area contributed by atoms with Gasteiger partial charge in [-0.05, 0) is 18.3 Å². The van der Waals surface area contributed by atoms with E-state index in [4.69, 9.17) is 0 Å². The molecule has 0 aliphatic carbocycles. The van der Waals surface area contributed by atoms with E-state index in [-0.39, 0.29) is 5.41 Å². The Labute approximate surface area is 124 Å². The maximum Gasteiger partial charge on any atom is 0.347 e. The molecular formula is C15H24N2O2S. The van der Waals surface area contributed by atoms with E-state index in [1.165, 1.54) is 11.3 Å². The van der Waals surface area contributed by atoms with Crippen molar-refractivity contribution in [2.75, 3.05) is 18.0 Å². The minimum atomic E-state index is -0.865. The lowest BCUT2D eigenvalue weighted by Crippen LogP contribution is -2.37. The molecule has 2 rings (SSSR count). The van der Waals surface area contributed by atoms with Gasteiger partial charge < -0.3 is 10.0 Å². The Kier molecular flexibility index (Phi) is 3.84. The number of thiazole rings is 1. The first-order valence-corrected chi connectivity index (χ1v) is 7.91. The maximum atomic E-state index is 11.4. The summed E-state index contributed by atoms with van der Waals surface area (Å²) in [4.78, 5) is 18.7. The van der Waals surface area contributed by atoms with Gasteiger partial charge in [0.1, 0.15) is 4.88 Å². The standard InChI is InChI=1S/C15H24N2O2S/c1-14(2,3)11-10(12(18)19)20-13(16-11)17-8-6-15(4,5)7-9-17/h6-9H2,1-5H3,(H,18,19). The van der Waals surface area contributed by atoms with Crippen molar-refractivity contribution in [3.63, 3.8) is 0 Å². The second kappa shape index (κ2) is 5.02. The van der Waals surface area contributed by atoms with Crippen molar-refractivity contribution in [1.82, 2.24) is 4.98 Å². The molecule has 1 N–H and O–H groups in total. The van der Waals surface area contributed by atoms with Crippen LogP contribution < -0.4 is 4.90 Å². The van der Waals surface area contributed by atoms with E-state index >= 15 is 0 Å². The van der Waals surface area contributed by atoms with E-state index in [1.807, 2.05) is 20.8 Å². The normalized spacial score (nSPS) is 19.1. The summed E-state index contributed by atoms with van der Waals surface area (Å²) in [6, 6.07) is 0.